The van der Waals surface area contributed by atoms with Crippen LogP contribution >= 0.6 is 0 Å². The molecule has 0 aliphatic heterocycles. The molecule has 0 saturated heterocycles. The highest BCUT2D eigenvalue weighted by molar-refractivity contribution is 6.04. The summed E-state index contributed by atoms with van der Waals surface area (Å²) in [5, 5.41) is 5.90. The molecular weight excluding hydrogens is 356 g/mol. The third-order valence-electron chi connectivity index (χ3n) is 6.00. The zero-order valence-electron chi connectivity index (χ0n) is 16.9. The number of hydrogen-bond donors (Lipinski definition) is 1. The average molecular weight is 383 g/mol. The van der Waals surface area contributed by atoms with Gasteiger partial charge in [0.1, 0.15) is 11.2 Å². The average Bonchev–Trinajstić information content (AvgIpc) is 3.12. The predicted molar refractivity (Wildman–Crippen MR) is 121 cm³/mol. The van der Waals surface area contributed by atoms with Gasteiger partial charge in [0.05, 0.1) is 5.82 Å². The van der Waals surface area contributed by atoms with Gasteiger partial charge >= 0.3 is 0 Å². The number of nitrogens with one attached hydrogen (secondary N) is 1. The minimum absolute atomic E-state index is 0.788. The summed E-state index contributed by atoms with van der Waals surface area (Å²) in [4.78, 5) is 2.17. The molecule has 5 rings (SSSR count). The second kappa shape index (κ2) is 7.32. The molecule has 0 radical (unpaired) electrons. The minimum Gasteiger partial charge on any atom is -0.456 e. The fraction of sp³-hybridized carbons (Fsp3) is 0.231. The molecule has 146 valence electrons. The van der Waals surface area contributed by atoms with E-state index in [9.17, 15) is 0 Å². The second-order valence-electron chi connectivity index (χ2n) is 8.01. The topological polar surface area (TPSA) is 28.4 Å². The first-order chi connectivity index (χ1) is 14.2. The largest absolute Gasteiger partial charge is 0.456 e. The van der Waals surface area contributed by atoms with Crippen LogP contribution in [-0.2, 0) is 19.4 Å². The maximum Gasteiger partial charge on any atom is 0.135 e. The maximum atomic E-state index is 5.95. The van der Waals surface area contributed by atoms with Crippen LogP contribution in [0.15, 0.2) is 77.5 Å². The number of aryl methyl sites for hydroxylation is 1. The molecule has 1 aliphatic rings. The Kier molecular flexibility index (Phi) is 4.51. The molecule has 1 aromatic heterocycles. The zero-order chi connectivity index (χ0) is 19.8. The van der Waals surface area contributed by atoms with E-state index < -0.39 is 0 Å². The molecule has 3 nitrogen and oxygen atoms in total. The third kappa shape index (κ3) is 3.38. The number of anilines is 1. The van der Waals surface area contributed by atoms with E-state index in [-0.39, 0.29) is 0 Å². The molecule has 3 aromatic carbocycles. The lowest BCUT2D eigenvalue weighted by atomic mass is 9.90. The van der Waals surface area contributed by atoms with Crippen LogP contribution in [0.3, 0.4) is 0 Å². The molecule has 0 bridgehead atoms. The molecule has 1 aliphatic carbocycles. The number of hydrogen-bond acceptors (Lipinski definition) is 3. The van der Waals surface area contributed by atoms with Crippen LogP contribution in [0.5, 0.6) is 0 Å². The Hall–Kier alpha value is -3.20. The SMILES string of the molecule is C=C(Nc1cccc2c1CCCC2)N(C)Cc1ccc2oc3ccccc3c2c1. The fourth-order valence-corrected chi connectivity index (χ4v) is 4.39. The third-order valence-corrected chi connectivity index (χ3v) is 6.00. The molecule has 0 unspecified atom stereocenters. The van der Waals surface area contributed by atoms with Crippen LogP contribution in [0, 0.1) is 0 Å². The van der Waals surface area contributed by atoms with Gasteiger partial charge in [-0.2, -0.15) is 0 Å². The highest BCUT2D eigenvalue weighted by atomic mass is 16.3. The summed E-state index contributed by atoms with van der Waals surface area (Å²) in [6.07, 6.45) is 4.90. The summed E-state index contributed by atoms with van der Waals surface area (Å²) in [6.45, 7) is 5.08. The number of benzene rings is 3. The first-order valence-electron chi connectivity index (χ1n) is 10.4. The Labute approximate surface area is 171 Å². The summed E-state index contributed by atoms with van der Waals surface area (Å²) in [6, 6.07) is 21.2. The Balaban J connectivity index is 1.35. The second-order valence-corrected chi connectivity index (χ2v) is 8.01. The summed E-state index contributed by atoms with van der Waals surface area (Å²) in [7, 11) is 2.09. The van der Waals surface area contributed by atoms with Gasteiger partial charge < -0.3 is 14.6 Å². The number of fused-ring (bicyclic) bond motifs is 4. The van der Waals surface area contributed by atoms with Gasteiger partial charge in [0.2, 0.25) is 0 Å². The Morgan fingerprint density at radius 2 is 1.79 bits per heavy atom. The Morgan fingerprint density at radius 3 is 2.72 bits per heavy atom. The van der Waals surface area contributed by atoms with E-state index in [2.05, 4.69) is 72.4 Å². The smallest absolute Gasteiger partial charge is 0.135 e. The van der Waals surface area contributed by atoms with Crippen molar-refractivity contribution in [2.45, 2.75) is 32.2 Å². The number of para-hydroxylation sites is 1. The molecule has 1 N–H and O–H groups in total. The van der Waals surface area contributed by atoms with Gasteiger partial charge in [-0.05, 0) is 66.6 Å². The van der Waals surface area contributed by atoms with Gasteiger partial charge in [-0.3, -0.25) is 0 Å². The van der Waals surface area contributed by atoms with Crippen molar-refractivity contribution >= 4 is 27.6 Å². The van der Waals surface area contributed by atoms with Crippen molar-refractivity contribution in [1.82, 2.24) is 4.90 Å². The van der Waals surface area contributed by atoms with E-state index in [0.29, 0.717) is 0 Å². The summed E-state index contributed by atoms with van der Waals surface area (Å²) < 4.78 is 5.95. The fourth-order valence-electron chi connectivity index (χ4n) is 4.39. The van der Waals surface area contributed by atoms with Crippen molar-refractivity contribution < 1.29 is 4.42 Å². The van der Waals surface area contributed by atoms with Gasteiger partial charge in [0.25, 0.3) is 0 Å². The molecule has 0 fully saturated rings. The molecule has 0 atom stereocenters. The molecule has 29 heavy (non-hydrogen) atoms. The van der Waals surface area contributed by atoms with Crippen LogP contribution in [-0.4, -0.2) is 11.9 Å². The molecule has 0 saturated carbocycles. The van der Waals surface area contributed by atoms with Gasteiger partial charge in [0.15, 0.2) is 0 Å². The quantitative estimate of drug-likeness (QED) is 0.428. The maximum absolute atomic E-state index is 5.95. The van der Waals surface area contributed by atoms with E-state index in [1.165, 1.54) is 52.4 Å². The Morgan fingerprint density at radius 1 is 0.966 bits per heavy atom. The summed E-state index contributed by atoms with van der Waals surface area (Å²) in [5.74, 6) is 0.918. The normalized spacial score (nSPS) is 13.4. The van der Waals surface area contributed by atoms with Gasteiger partial charge in [-0.1, -0.05) is 43.0 Å². The van der Waals surface area contributed by atoms with Gasteiger partial charge in [0, 0.05) is 30.1 Å². The van der Waals surface area contributed by atoms with Crippen molar-refractivity contribution in [1.29, 1.82) is 0 Å². The lowest BCUT2D eigenvalue weighted by Gasteiger charge is -2.26. The van der Waals surface area contributed by atoms with E-state index in [1.807, 2.05) is 12.1 Å². The van der Waals surface area contributed by atoms with E-state index >= 15 is 0 Å². The highest BCUT2D eigenvalue weighted by Crippen LogP contribution is 2.31. The standard InChI is InChI=1S/C26H26N2O/c1-18(27-24-12-7-9-20-8-3-4-10-21(20)24)28(2)17-19-14-15-26-23(16-19)22-11-5-6-13-25(22)29-26/h5-7,9,11-16,27H,1,3-4,8,10,17H2,2H3. The van der Waals surface area contributed by atoms with Crippen molar-refractivity contribution in [2.24, 2.45) is 0 Å². The summed E-state index contributed by atoms with van der Waals surface area (Å²) >= 11 is 0. The highest BCUT2D eigenvalue weighted by Gasteiger charge is 2.14. The van der Waals surface area contributed by atoms with Crippen LogP contribution < -0.4 is 5.32 Å². The van der Waals surface area contributed by atoms with E-state index in [1.54, 1.807) is 0 Å². The molecule has 3 heteroatoms. The molecule has 1 heterocycles. The zero-order valence-corrected chi connectivity index (χ0v) is 16.9. The monoisotopic (exact) mass is 382 g/mol. The first kappa shape index (κ1) is 17.9. The first-order valence-corrected chi connectivity index (χ1v) is 10.4. The summed E-state index contributed by atoms with van der Waals surface area (Å²) in [5.41, 5.74) is 7.26. The van der Waals surface area contributed by atoms with Gasteiger partial charge in [-0.15, -0.1) is 0 Å². The van der Waals surface area contributed by atoms with Gasteiger partial charge in [-0.25, -0.2) is 0 Å². The lowest BCUT2D eigenvalue weighted by Crippen LogP contribution is -2.22. The minimum atomic E-state index is 0.788. The molecule has 0 amide bonds. The molecule has 0 spiro atoms. The van der Waals surface area contributed by atoms with Crippen molar-refractivity contribution in [2.75, 3.05) is 12.4 Å². The molecule has 4 aromatic rings. The van der Waals surface area contributed by atoms with Crippen LogP contribution in [0.4, 0.5) is 5.69 Å². The Bertz CT molecular complexity index is 1200. The van der Waals surface area contributed by atoms with Crippen LogP contribution in [0.2, 0.25) is 0 Å². The van der Waals surface area contributed by atoms with Crippen LogP contribution in [0.25, 0.3) is 21.9 Å². The van der Waals surface area contributed by atoms with E-state index in [0.717, 1.165) is 30.0 Å². The van der Waals surface area contributed by atoms with E-state index in [4.69, 9.17) is 4.42 Å². The van der Waals surface area contributed by atoms with Crippen LogP contribution in [0.1, 0.15) is 29.5 Å². The van der Waals surface area contributed by atoms with Crippen molar-refractivity contribution in [3.63, 3.8) is 0 Å². The molecular formula is C26H26N2O. The van der Waals surface area contributed by atoms with Crippen molar-refractivity contribution in [3.8, 4) is 0 Å². The van der Waals surface area contributed by atoms with Crippen molar-refractivity contribution in [3.05, 3.63) is 89.8 Å². The number of rotatable bonds is 5. The number of furan rings is 1. The lowest BCUT2D eigenvalue weighted by molar-refractivity contribution is 0.418. The predicted octanol–water partition coefficient (Wildman–Crippen LogP) is 6.48. The number of nitrogens with zero attached hydrogens (tertiary/aromatic N) is 1.